The molecule has 0 bridgehead atoms. The van der Waals surface area contributed by atoms with Gasteiger partial charge in [-0.2, -0.15) is 0 Å². The molecular weight excluding hydrogens is 218 g/mol. The van der Waals surface area contributed by atoms with E-state index in [1.54, 1.807) is 0 Å². The second-order valence-electron chi connectivity index (χ2n) is 3.29. The number of carbonyl (C=O) groups excluding carboxylic acids is 1. The molecule has 1 heterocycles. The van der Waals surface area contributed by atoms with Gasteiger partial charge < -0.3 is 4.74 Å². The van der Waals surface area contributed by atoms with Crippen molar-refractivity contribution in [3.05, 3.63) is 0 Å². The Bertz CT molecular complexity index is 336. The lowest BCUT2D eigenvalue weighted by Crippen LogP contribution is -2.28. The van der Waals surface area contributed by atoms with Crippen molar-refractivity contribution in [1.29, 1.82) is 0 Å². The predicted molar refractivity (Wildman–Crippen MR) is 43.7 cm³/mol. The van der Waals surface area contributed by atoms with E-state index in [2.05, 4.69) is 4.74 Å². The highest BCUT2D eigenvalue weighted by Crippen LogP contribution is 2.36. The van der Waals surface area contributed by atoms with Crippen LogP contribution in [0.15, 0.2) is 0 Å². The fourth-order valence-electron chi connectivity index (χ4n) is 1.39. The number of sulfone groups is 1. The summed E-state index contributed by atoms with van der Waals surface area (Å²) in [4.78, 5) is 10.7. The third-order valence-electron chi connectivity index (χ3n) is 2.11. The fourth-order valence-corrected chi connectivity index (χ4v) is 3.31. The summed E-state index contributed by atoms with van der Waals surface area (Å²) >= 11 is 0. The van der Waals surface area contributed by atoms with Crippen LogP contribution in [-0.2, 0) is 19.4 Å². The maximum absolute atomic E-state index is 13.0. The lowest BCUT2D eigenvalue weighted by atomic mass is 10.0. The summed E-state index contributed by atoms with van der Waals surface area (Å²) in [6, 6.07) is 0. The first kappa shape index (κ1) is 11.4. The van der Waals surface area contributed by atoms with Crippen molar-refractivity contribution in [2.45, 2.75) is 12.3 Å². The molecule has 1 unspecified atom stereocenters. The van der Waals surface area contributed by atoms with Crippen LogP contribution in [0, 0.1) is 5.92 Å². The van der Waals surface area contributed by atoms with Gasteiger partial charge in [0.1, 0.15) is 5.75 Å². The minimum Gasteiger partial charge on any atom is -0.469 e. The van der Waals surface area contributed by atoms with Crippen LogP contribution in [0.3, 0.4) is 0 Å². The molecule has 1 fully saturated rings. The maximum Gasteiger partial charge on any atom is 0.306 e. The van der Waals surface area contributed by atoms with Gasteiger partial charge in [-0.15, -0.1) is 0 Å². The molecule has 1 aliphatic rings. The second kappa shape index (κ2) is 3.45. The van der Waals surface area contributed by atoms with Crippen molar-refractivity contribution in [1.82, 2.24) is 0 Å². The van der Waals surface area contributed by atoms with Gasteiger partial charge in [0.15, 0.2) is 9.84 Å². The molecule has 0 spiro atoms. The smallest absolute Gasteiger partial charge is 0.306 e. The summed E-state index contributed by atoms with van der Waals surface area (Å²) in [5.74, 6) is -7.38. The van der Waals surface area contributed by atoms with E-state index in [0.29, 0.717) is 0 Å². The molecule has 0 aromatic carbocycles. The topological polar surface area (TPSA) is 60.4 Å². The van der Waals surface area contributed by atoms with Crippen molar-refractivity contribution in [3.63, 3.8) is 0 Å². The van der Waals surface area contributed by atoms with E-state index >= 15 is 0 Å². The van der Waals surface area contributed by atoms with E-state index in [9.17, 15) is 22.0 Å². The molecule has 1 aliphatic heterocycles. The highest BCUT2D eigenvalue weighted by atomic mass is 32.2. The Kier molecular flexibility index (Phi) is 2.80. The van der Waals surface area contributed by atoms with Gasteiger partial charge >= 0.3 is 5.97 Å². The van der Waals surface area contributed by atoms with Gasteiger partial charge in [0.25, 0.3) is 5.92 Å². The third-order valence-corrected chi connectivity index (χ3v) is 3.84. The van der Waals surface area contributed by atoms with Crippen molar-refractivity contribution in [2.75, 3.05) is 18.6 Å². The molecule has 0 amide bonds. The summed E-state index contributed by atoms with van der Waals surface area (Å²) < 4.78 is 52.0. The van der Waals surface area contributed by atoms with Crippen LogP contribution in [0.1, 0.15) is 6.42 Å². The summed E-state index contributed by atoms with van der Waals surface area (Å²) in [5, 5.41) is 0. The SMILES string of the molecule is COC(=O)CC1CS(=O)(=O)CC1(F)F. The van der Waals surface area contributed by atoms with Gasteiger partial charge in [-0.25, -0.2) is 17.2 Å². The van der Waals surface area contributed by atoms with Crippen LogP contribution in [0.2, 0.25) is 0 Å². The Balaban J connectivity index is 2.76. The quantitative estimate of drug-likeness (QED) is 0.635. The lowest BCUT2D eigenvalue weighted by Gasteiger charge is -2.15. The molecule has 14 heavy (non-hydrogen) atoms. The molecule has 1 saturated heterocycles. The average Bonchev–Trinajstić information content (AvgIpc) is 2.19. The molecule has 0 aromatic rings. The highest BCUT2D eigenvalue weighted by molar-refractivity contribution is 7.91. The van der Waals surface area contributed by atoms with Crippen LogP contribution in [0.4, 0.5) is 8.78 Å². The summed E-state index contributed by atoms with van der Waals surface area (Å²) in [6.07, 6.45) is -0.553. The molecule has 0 aliphatic carbocycles. The van der Waals surface area contributed by atoms with E-state index in [-0.39, 0.29) is 0 Å². The first-order chi connectivity index (χ1) is 6.27. The number of rotatable bonds is 2. The van der Waals surface area contributed by atoms with Crippen LogP contribution < -0.4 is 0 Å². The van der Waals surface area contributed by atoms with Crippen LogP contribution in [-0.4, -0.2) is 38.9 Å². The summed E-state index contributed by atoms with van der Waals surface area (Å²) in [5.41, 5.74) is 0. The zero-order valence-electron chi connectivity index (χ0n) is 7.50. The lowest BCUT2D eigenvalue weighted by molar-refractivity contribution is -0.144. The van der Waals surface area contributed by atoms with Gasteiger partial charge in [0.05, 0.1) is 19.3 Å². The maximum atomic E-state index is 13.0. The molecule has 4 nitrogen and oxygen atoms in total. The number of hydrogen-bond acceptors (Lipinski definition) is 4. The van der Waals surface area contributed by atoms with Gasteiger partial charge in [0.2, 0.25) is 0 Å². The monoisotopic (exact) mass is 228 g/mol. The average molecular weight is 228 g/mol. The molecule has 0 saturated carbocycles. The largest absolute Gasteiger partial charge is 0.469 e. The number of methoxy groups -OCH3 is 1. The molecule has 0 aromatic heterocycles. The van der Waals surface area contributed by atoms with Gasteiger partial charge in [-0.05, 0) is 0 Å². The highest BCUT2D eigenvalue weighted by Gasteiger charge is 2.52. The Labute approximate surface area is 80.2 Å². The molecule has 0 radical (unpaired) electrons. The van der Waals surface area contributed by atoms with E-state index in [4.69, 9.17) is 0 Å². The van der Waals surface area contributed by atoms with Crippen LogP contribution in [0.25, 0.3) is 0 Å². The van der Waals surface area contributed by atoms with Gasteiger partial charge in [0, 0.05) is 5.92 Å². The fraction of sp³-hybridized carbons (Fsp3) is 0.857. The molecule has 1 atom stereocenters. The van der Waals surface area contributed by atoms with Gasteiger partial charge in [-0.3, -0.25) is 4.79 Å². The normalized spacial score (nSPS) is 28.6. The first-order valence-electron chi connectivity index (χ1n) is 3.92. The minimum atomic E-state index is -3.71. The van der Waals surface area contributed by atoms with Crippen LogP contribution in [0.5, 0.6) is 0 Å². The van der Waals surface area contributed by atoms with Crippen molar-refractivity contribution >= 4 is 15.8 Å². The first-order valence-corrected chi connectivity index (χ1v) is 5.74. The van der Waals surface area contributed by atoms with Crippen molar-refractivity contribution in [2.24, 2.45) is 5.92 Å². The standard InChI is InChI=1S/C7H10F2O4S/c1-13-6(10)2-5-3-14(11,12)4-7(5,8)9/h5H,2-4H2,1H3. The number of halogens is 2. The van der Waals surface area contributed by atoms with E-state index in [0.717, 1.165) is 7.11 Å². The number of hydrogen-bond donors (Lipinski definition) is 0. The second-order valence-corrected chi connectivity index (χ2v) is 5.40. The zero-order valence-corrected chi connectivity index (χ0v) is 8.31. The van der Waals surface area contributed by atoms with E-state index in [1.165, 1.54) is 0 Å². The number of ether oxygens (including phenoxy) is 1. The van der Waals surface area contributed by atoms with Crippen LogP contribution >= 0.6 is 0 Å². The zero-order chi connectivity index (χ0) is 11.0. The number of esters is 1. The van der Waals surface area contributed by atoms with E-state index < -0.39 is 45.6 Å². The summed E-state index contributed by atoms with van der Waals surface area (Å²) in [6.45, 7) is 0. The van der Waals surface area contributed by atoms with Crippen molar-refractivity contribution in [3.8, 4) is 0 Å². The van der Waals surface area contributed by atoms with Gasteiger partial charge in [-0.1, -0.05) is 0 Å². The minimum absolute atomic E-state index is 0.553. The summed E-state index contributed by atoms with van der Waals surface area (Å²) in [7, 11) is -2.64. The molecule has 7 heteroatoms. The van der Waals surface area contributed by atoms with Crippen molar-refractivity contribution < 1.29 is 26.7 Å². The Hall–Kier alpha value is -0.720. The number of alkyl halides is 2. The third kappa shape index (κ3) is 2.40. The van der Waals surface area contributed by atoms with E-state index in [1.807, 2.05) is 0 Å². The Morgan fingerprint density at radius 2 is 2.14 bits per heavy atom. The Morgan fingerprint density at radius 3 is 2.50 bits per heavy atom. The molecule has 1 rings (SSSR count). The number of carbonyl (C=O) groups is 1. The molecule has 0 N–H and O–H groups in total. The predicted octanol–water partition coefficient (Wildman–Crippen LogP) is 0.229. The molecule has 82 valence electrons. The Morgan fingerprint density at radius 1 is 1.57 bits per heavy atom. The molecular formula is C7H10F2O4S.